The van der Waals surface area contributed by atoms with Crippen molar-refractivity contribution in [3.8, 4) is 0 Å². The van der Waals surface area contributed by atoms with Crippen molar-refractivity contribution in [3.63, 3.8) is 0 Å². The maximum absolute atomic E-state index is 13.7. The molecule has 0 aliphatic carbocycles. The van der Waals surface area contributed by atoms with Gasteiger partial charge in [-0.05, 0) is 50.5 Å². The van der Waals surface area contributed by atoms with Crippen LogP contribution in [0.1, 0.15) is 53.5 Å². The minimum absolute atomic E-state index is 0.0344. The van der Waals surface area contributed by atoms with Crippen molar-refractivity contribution in [3.05, 3.63) is 68.9 Å². The van der Waals surface area contributed by atoms with Gasteiger partial charge in [-0.15, -0.1) is 0 Å². The molecule has 1 aliphatic rings. The molecule has 15 heteroatoms. The largest absolute Gasteiger partial charge is 0.377 e. The third-order valence-corrected chi connectivity index (χ3v) is 8.46. The second kappa shape index (κ2) is 12.1. The van der Waals surface area contributed by atoms with E-state index in [1.165, 1.54) is 6.07 Å². The van der Waals surface area contributed by atoms with E-state index < -0.39 is 22.0 Å². The first-order valence-corrected chi connectivity index (χ1v) is 16.4. The number of aryl methyl sites for hydroxylation is 1. The van der Waals surface area contributed by atoms with E-state index in [2.05, 4.69) is 15.2 Å². The number of carbonyl (C=O) groups excluding carboxylic acids is 1. The zero-order chi connectivity index (χ0) is 31.9. The van der Waals surface area contributed by atoms with E-state index in [0.717, 1.165) is 36.0 Å². The van der Waals surface area contributed by atoms with Crippen LogP contribution in [0.4, 0.5) is 17.5 Å². The van der Waals surface area contributed by atoms with Crippen molar-refractivity contribution in [2.45, 2.75) is 38.8 Å². The van der Waals surface area contributed by atoms with Gasteiger partial charge in [-0.25, -0.2) is 23.1 Å². The normalized spacial score (nSPS) is 14.9. The lowest BCUT2D eigenvalue weighted by molar-refractivity contribution is 0.0977. The number of pyridine rings is 1. The standard InChI is InChI=1S/C29H36ClN9O4S/c1-17-15-20(18(2)31-22-7-8-23(30)32-26(22)27(40)35-44(6,42)43)25-21(16-17)28(41)37(5)29(33-25)38-12-9-19(10-13-38)39-14-11-24(34-39)36(3)4/h7-8,11,14-16,18-19,31H,9-10,12-13H2,1-6H3,(H,35,40)/t18-/m1/s1. The summed E-state index contributed by atoms with van der Waals surface area (Å²) >= 11 is 6.04. The summed E-state index contributed by atoms with van der Waals surface area (Å²) in [4.78, 5) is 39.6. The summed E-state index contributed by atoms with van der Waals surface area (Å²) in [5.41, 5.74) is 2.10. The molecule has 1 fully saturated rings. The van der Waals surface area contributed by atoms with Crippen LogP contribution in [0.5, 0.6) is 0 Å². The van der Waals surface area contributed by atoms with E-state index in [4.69, 9.17) is 21.7 Å². The number of aromatic nitrogens is 5. The Labute approximate surface area is 260 Å². The van der Waals surface area contributed by atoms with Gasteiger partial charge in [0.05, 0.1) is 34.9 Å². The number of benzene rings is 1. The molecule has 0 bridgehead atoms. The van der Waals surface area contributed by atoms with Gasteiger partial charge < -0.3 is 15.1 Å². The molecule has 1 aromatic carbocycles. The third kappa shape index (κ3) is 6.50. The summed E-state index contributed by atoms with van der Waals surface area (Å²) in [6, 6.07) is 8.64. The zero-order valence-electron chi connectivity index (χ0n) is 25.5. The van der Waals surface area contributed by atoms with E-state index in [0.29, 0.717) is 29.9 Å². The SMILES string of the molecule is Cc1cc([C@@H](C)Nc2ccc(Cl)nc2C(=O)NS(C)(=O)=O)c2nc(N3CCC(n4ccc(N(C)C)n4)CC3)n(C)c(=O)c2c1. The molecule has 4 aromatic rings. The minimum Gasteiger partial charge on any atom is -0.377 e. The molecule has 0 radical (unpaired) electrons. The van der Waals surface area contributed by atoms with Crippen LogP contribution in [-0.4, -0.2) is 72.1 Å². The van der Waals surface area contributed by atoms with Gasteiger partial charge in [0.25, 0.3) is 11.5 Å². The predicted octanol–water partition coefficient (Wildman–Crippen LogP) is 3.26. The molecule has 1 amide bonds. The van der Waals surface area contributed by atoms with Crippen LogP contribution in [0.15, 0.2) is 41.3 Å². The van der Waals surface area contributed by atoms with Gasteiger partial charge in [0.15, 0.2) is 5.69 Å². The highest BCUT2D eigenvalue weighted by molar-refractivity contribution is 7.89. The summed E-state index contributed by atoms with van der Waals surface area (Å²) in [5.74, 6) is 0.577. The molecule has 3 aromatic heterocycles. The number of amides is 1. The summed E-state index contributed by atoms with van der Waals surface area (Å²) in [5, 5.41) is 8.46. The Bertz CT molecular complexity index is 1900. The van der Waals surface area contributed by atoms with Gasteiger partial charge >= 0.3 is 0 Å². The maximum atomic E-state index is 13.7. The lowest BCUT2D eigenvalue weighted by Crippen LogP contribution is -2.39. The van der Waals surface area contributed by atoms with E-state index in [1.54, 1.807) is 17.7 Å². The van der Waals surface area contributed by atoms with Crippen LogP contribution in [0, 0.1) is 6.92 Å². The number of nitrogens with zero attached hydrogens (tertiary/aromatic N) is 7. The van der Waals surface area contributed by atoms with Gasteiger partial charge in [-0.1, -0.05) is 17.7 Å². The smallest absolute Gasteiger partial charge is 0.285 e. The first-order valence-electron chi connectivity index (χ1n) is 14.2. The molecule has 0 saturated carbocycles. The maximum Gasteiger partial charge on any atom is 0.285 e. The van der Waals surface area contributed by atoms with Crippen molar-refractivity contribution in [1.82, 2.24) is 29.0 Å². The van der Waals surface area contributed by atoms with Crippen molar-refractivity contribution in [1.29, 1.82) is 0 Å². The molecule has 4 heterocycles. The summed E-state index contributed by atoms with van der Waals surface area (Å²) in [6.45, 7) is 5.19. The number of hydrogen-bond acceptors (Lipinski definition) is 10. The molecule has 234 valence electrons. The quantitative estimate of drug-likeness (QED) is 0.275. The summed E-state index contributed by atoms with van der Waals surface area (Å²) in [7, 11) is 1.84. The summed E-state index contributed by atoms with van der Waals surface area (Å²) in [6.07, 6.45) is 4.59. The molecule has 0 spiro atoms. The van der Waals surface area contributed by atoms with E-state index in [-0.39, 0.29) is 28.1 Å². The number of piperidine rings is 1. The molecule has 44 heavy (non-hydrogen) atoms. The Kier molecular flexibility index (Phi) is 8.58. The number of fused-ring (bicyclic) bond motifs is 1. The zero-order valence-corrected chi connectivity index (χ0v) is 27.1. The molecule has 0 unspecified atom stereocenters. The van der Waals surface area contributed by atoms with Gasteiger partial charge in [0.2, 0.25) is 16.0 Å². The van der Waals surface area contributed by atoms with Crippen LogP contribution in [0.2, 0.25) is 5.15 Å². The fraction of sp³-hybridized carbons (Fsp3) is 0.414. The van der Waals surface area contributed by atoms with Crippen molar-refractivity contribution >= 4 is 55.9 Å². The van der Waals surface area contributed by atoms with Crippen LogP contribution in [-0.2, 0) is 17.1 Å². The number of nitrogens with one attached hydrogen (secondary N) is 2. The first kappa shape index (κ1) is 31.3. The van der Waals surface area contributed by atoms with Crippen LogP contribution in [0.3, 0.4) is 0 Å². The van der Waals surface area contributed by atoms with Crippen molar-refractivity contribution in [2.75, 3.05) is 48.6 Å². The Hall–Kier alpha value is -4.17. The lowest BCUT2D eigenvalue weighted by atomic mass is 10.0. The van der Waals surface area contributed by atoms with Crippen molar-refractivity contribution in [2.24, 2.45) is 7.05 Å². The van der Waals surface area contributed by atoms with Crippen LogP contribution >= 0.6 is 11.6 Å². The molecule has 1 atom stereocenters. The van der Waals surface area contributed by atoms with E-state index in [1.807, 2.05) is 66.6 Å². The fourth-order valence-corrected chi connectivity index (χ4v) is 6.09. The average molecular weight is 642 g/mol. The van der Waals surface area contributed by atoms with Gasteiger partial charge in [-0.2, -0.15) is 5.10 Å². The molecule has 13 nitrogen and oxygen atoms in total. The number of anilines is 3. The molecular weight excluding hydrogens is 606 g/mol. The van der Waals surface area contributed by atoms with Crippen LogP contribution in [0.25, 0.3) is 10.9 Å². The fourth-order valence-electron chi connectivity index (χ4n) is 5.51. The van der Waals surface area contributed by atoms with Gasteiger partial charge in [-0.3, -0.25) is 18.8 Å². The highest BCUT2D eigenvalue weighted by atomic mass is 35.5. The molecule has 1 saturated heterocycles. The monoisotopic (exact) mass is 641 g/mol. The Balaban J connectivity index is 1.46. The molecule has 2 N–H and O–H groups in total. The second-order valence-corrected chi connectivity index (χ2v) is 13.5. The predicted molar refractivity (Wildman–Crippen MR) is 172 cm³/mol. The van der Waals surface area contributed by atoms with Crippen molar-refractivity contribution < 1.29 is 13.2 Å². The number of halogens is 1. The Morgan fingerprint density at radius 3 is 2.48 bits per heavy atom. The van der Waals surface area contributed by atoms with E-state index >= 15 is 0 Å². The topological polar surface area (TPSA) is 147 Å². The van der Waals surface area contributed by atoms with Gasteiger partial charge in [0.1, 0.15) is 11.0 Å². The Morgan fingerprint density at radius 2 is 1.84 bits per heavy atom. The average Bonchev–Trinajstić information content (AvgIpc) is 3.46. The van der Waals surface area contributed by atoms with Gasteiger partial charge in [0, 0.05) is 52.1 Å². The van der Waals surface area contributed by atoms with Crippen LogP contribution < -0.4 is 25.4 Å². The Morgan fingerprint density at radius 1 is 1.14 bits per heavy atom. The highest BCUT2D eigenvalue weighted by Crippen LogP contribution is 2.31. The number of carbonyl (C=O) groups is 1. The lowest BCUT2D eigenvalue weighted by Gasteiger charge is -2.33. The second-order valence-electron chi connectivity index (χ2n) is 11.4. The number of sulfonamides is 1. The third-order valence-electron chi connectivity index (χ3n) is 7.70. The van der Waals surface area contributed by atoms with E-state index in [9.17, 15) is 18.0 Å². The minimum atomic E-state index is -3.83. The highest BCUT2D eigenvalue weighted by Gasteiger charge is 2.26. The number of hydrogen-bond donors (Lipinski definition) is 2. The molecule has 5 rings (SSSR count). The molecule has 1 aliphatic heterocycles. The number of rotatable bonds is 8. The summed E-state index contributed by atoms with van der Waals surface area (Å²) < 4.78 is 29.0. The first-order chi connectivity index (χ1) is 20.7. The molecular formula is C29H36ClN9O4S.